The molecule has 2 aromatic carbocycles. The molecule has 0 aromatic heterocycles. The number of nitrogens with zero attached hydrogens (tertiary/aromatic N) is 2. The Morgan fingerprint density at radius 1 is 1.00 bits per heavy atom. The predicted octanol–water partition coefficient (Wildman–Crippen LogP) is 3.97. The van der Waals surface area contributed by atoms with Crippen molar-refractivity contribution in [3.63, 3.8) is 0 Å². The molecule has 9 heteroatoms. The zero-order valence-electron chi connectivity index (χ0n) is 18.1. The number of rotatable bonds is 9. The van der Waals surface area contributed by atoms with Crippen molar-refractivity contribution < 1.29 is 29.5 Å². The molecule has 3 rings (SSSR count). The van der Waals surface area contributed by atoms with Gasteiger partial charge in [-0.1, -0.05) is 36.2 Å². The number of amides is 1. The van der Waals surface area contributed by atoms with Crippen molar-refractivity contribution in [1.29, 1.82) is 0 Å². The lowest BCUT2D eigenvalue weighted by molar-refractivity contribution is -0.384. The normalized spacial score (nSPS) is 17.4. The molecule has 0 bridgehead atoms. The van der Waals surface area contributed by atoms with Gasteiger partial charge in [0.15, 0.2) is 0 Å². The van der Waals surface area contributed by atoms with E-state index >= 15 is 0 Å². The van der Waals surface area contributed by atoms with Crippen LogP contribution in [0.3, 0.4) is 0 Å². The largest absolute Gasteiger partial charge is 0.507 e. The van der Waals surface area contributed by atoms with Gasteiger partial charge in [0.05, 0.1) is 16.5 Å². The highest BCUT2D eigenvalue weighted by Crippen LogP contribution is 2.40. The minimum absolute atomic E-state index is 0.0119. The molecule has 1 fully saturated rings. The average molecular weight is 452 g/mol. The summed E-state index contributed by atoms with van der Waals surface area (Å²) >= 11 is 0. The second kappa shape index (κ2) is 10.1. The van der Waals surface area contributed by atoms with Gasteiger partial charge in [-0.15, -0.1) is 0 Å². The van der Waals surface area contributed by atoms with Crippen LogP contribution in [0, 0.1) is 17.0 Å². The number of likely N-dealkylation sites (tertiary alicyclic amines) is 1. The highest BCUT2D eigenvalue weighted by Gasteiger charge is 2.45. The lowest BCUT2D eigenvalue weighted by Gasteiger charge is -2.25. The van der Waals surface area contributed by atoms with E-state index in [9.17, 15) is 29.6 Å². The van der Waals surface area contributed by atoms with Gasteiger partial charge in [-0.05, 0) is 37.5 Å². The summed E-state index contributed by atoms with van der Waals surface area (Å²) in [5, 5.41) is 30.8. The van der Waals surface area contributed by atoms with E-state index in [1.165, 1.54) is 29.2 Å². The number of carboxylic acid groups (broad SMARTS) is 1. The standard InChI is InChI=1S/C24H24N2O7/c1-15-6-8-17(9-7-15)22(29)20-21(16-10-12-18(13-11-16)26(32)33)25(24(31)23(20)30)14-4-2-3-5-19(27)28/h6-13,21,29H,2-5,14H2,1H3,(H,27,28)/b22-20+. The maximum absolute atomic E-state index is 12.9. The van der Waals surface area contributed by atoms with Crippen molar-refractivity contribution in [2.45, 2.75) is 38.6 Å². The number of aliphatic hydroxyl groups is 1. The summed E-state index contributed by atoms with van der Waals surface area (Å²) in [6.07, 6.45) is 1.46. The number of Topliss-reactive ketones (excluding diaryl/α,β-unsaturated/α-hetero) is 1. The van der Waals surface area contributed by atoms with Crippen LogP contribution in [0.25, 0.3) is 5.76 Å². The highest BCUT2D eigenvalue weighted by atomic mass is 16.6. The first-order chi connectivity index (χ1) is 15.7. The van der Waals surface area contributed by atoms with Crippen LogP contribution in [0.5, 0.6) is 0 Å². The second-order valence-electron chi connectivity index (χ2n) is 7.91. The number of hydrogen-bond acceptors (Lipinski definition) is 6. The number of unbranched alkanes of at least 4 members (excludes halogenated alkanes) is 2. The molecule has 1 amide bonds. The number of aliphatic carboxylic acids is 1. The van der Waals surface area contributed by atoms with Crippen LogP contribution in [-0.4, -0.2) is 44.2 Å². The van der Waals surface area contributed by atoms with Crippen LogP contribution >= 0.6 is 0 Å². The summed E-state index contributed by atoms with van der Waals surface area (Å²) in [6.45, 7) is 2.06. The van der Waals surface area contributed by atoms with E-state index in [4.69, 9.17) is 5.11 Å². The third kappa shape index (κ3) is 5.25. The van der Waals surface area contributed by atoms with Crippen LogP contribution in [0.2, 0.25) is 0 Å². The molecule has 1 heterocycles. The van der Waals surface area contributed by atoms with Crippen molar-refractivity contribution >= 4 is 29.1 Å². The lowest BCUT2D eigenvalue weighted by atomic mass is 9.95. The quantitative estimate of drug-likeness (QED) is 0.147. The molecule has 0 spiro atoms. The predicted molar refractivity (Wildman–Crippen MR) is 119 cm³/mol. The number of ketones is 1. The number of carbonyl (C=O) groups is 3. The number of carboxylic acids is 1. The molecular weight excluding hydrogens is 428 g/mol. The van der Waals surface area contributed by atoms with Gasteiger partial charge in [0, 0.05) is 30.7 Å². The molecule has 0 aliphatic carbocycles. The smallest absolute Gasteiger partial charge is 0.303 e. The summed E-state index contributed by atoms with van der Waals surface area (Å²) in [6, 6.07) is 11.4. The molecule has 2 N–H and O–H groups in total. The number of nitro benzene ring substituents is 1. The molecule has 172 valence electrons. The van der Waals surface area contributed by atoms with Gasteiger partial charge in [0.1, 0.15) is 5.76 Å². The van der Waals surface area contributed by atoms with E-state index in [2.05, 4.69) is 0 Å². The molecular formula is C24H24N2O7. The first-order valence-electron chi connectivity index (χ1n) is 10.5. The Bertz CT molecular complexity index is 1100. The van der Waals surface area contributed by atoms with Gasteiger partial charge in [0.25, 0.3) is 17.4 Å². The minimum Gasteiger partial charge on any atom is -0.507 e. The Labute approximate surface area is 190 Å². The molecule has 0 saturated carbocycles. The van der Waals surface area contributed by atoms with Crippen molar-refractivity contribution in [1.82, 2.24) is 4.90 Å². The van der Waals surface area contributed by atoms with Crippen molar-refractivity contribution in [2.24, 2.45) is 0 Å². The van der Waals surface area contributed by atoms with Crippen LogP contribution in [-0.2, 0) is 14.4 Å². The number of hydrogen-bond donors (Lipinski definition) is 2. The first-order valence-corrected chi connectivity index (χ1v) is 10.5. The molecule has 1 saturated heterocycles. The number of benzene rings is 2. The number of non-ortho nitro benzene ring substituents is 1. The van der Waals surface area contributed by atoms with Gasteiger partial charge in [-0.2, -0.15) is 0 Å². The number of aliphatic hydroxyl groups excluding tert-OH is 1. The van der Waals surface area contributed by atoms with Gasteiger partial charge in [0.2, 0.25) is 0 Å². The van der Waals surface area contributed by atoms with E-state index in [1.807, 2.05) is 6.92 Å². The Kier molecular flexibility index (Phi) is 7.22. The monoisotopic (exact) mass is 452 g/mol. The minimum atomic E-state index is -0.911. The summed E-state index contributed by atoms with van der Waals surface area (Å²) in [7, 11) is 0. The zero-order valence-corrected chi connectivity index (χ0v) is 18.1. The zero-order chi connectivity index (χ0) is 24.1. The molecule has 0 radical (unpaired) electrons. The van der Waals surface area contributed by atoms with Gasteiger partial charge < -0.3 is 15.1 Å². The summed E-state index contributed by atoms with van der Waals surface area (Å²) in [4.78, 5) is 48.3. The van der Waals surface area contributed by atoms with Crippen LogP contribution in [0.15, 0.2) is 54.1 Å². The molecule has 1 aliphatic heterocycles. The molecule has 9 nitrogen and oxygen atoms in total. The first kappa shape index (κ1) is 23.6. The van der Waals surface area contributed by atoms with Crippen molar-refractivity contribution in [3.8, 4) is 0 Å². The number of nitro groups is 1. The molecule has 33 heavy (non-hydrogen) atoms. The third-order valence-electron chi connectivity index (χ3n) is 5.57. The fraction of sp³-hybridized carbons (Fsp3) is 0.292. The van der Waals surface area contributed by atoms with Gasteiger partial charge in [-0.25, -0.2) is 0 Å². The van der Waals surface area contributed by atoms with E-state index in [-0.39, 0.29) is 30.0 Å². The average Bonchev–Trinajstić information content (AvgIpc) is 3.03. The van der Waals surface area contributed by atoms with Crippen molar-refractivity contribution in [2.75, 3.05) is 6.54 Å². The Morgan fingerprint density at radius 2 is 1.64 bits per heavy atom. The Hall–Kier alpha value is -4.01. The summed E-state index contributed by atoms with van der Waals surface area (Å²) in [5.74, 6) is -2.82. The molecule has 1 unspecified atom stereocenters. The third-order valence-corrected chi connectivity index (χ3v) is 5.57. The summed E-state index contributed by atoms with van der Waals surface area (Å²) < 4.78 is 0. The van der Waals surface area contributed by atoms with Crippen LogP contribution < -0.4 is 0 Å². The Morgan fingerprint density at radius 3 is 2.21 bits per heavy atom. The van der Waals surface area contributed by atoms with E-state index in [0.717, 1.165) is 5.56 Å². The highest BCUT2D eigenvalue weighted by molar-refractivity contribution is 6.46. The van der Waals surface area contributed by atoms with E-state index in [0.29, 0.717) is 30.4 Å². The van der Waals surface area contributed by atoms with E-state index in [1.54, 1.807) is 24.3 Å². The number of aryl methyl sites for hydroxylation is 1. The topological polar surface area (TPSA) is 138 Å². The lowest BCUT2D eigenvalue weighted by Crippen LogP contribution is -2.30. The molecule has 1 atom stereocenters. The maximum Gasteiger partial charge on any atom is 0.303 e. The fourth-order valence-corrected chi connectivity index (χ4v) is 3.84. The molecule has 1 aliphatic rings. The number of carbonyl (C=O) groups excluding carboxylic acids is 2. The Balaban J connectivity index is 1.99. The maximum atomic E-state index is 12.9. The van der Waals surface area contributed by atoms with Gasteiger partial charge >= 0.3 is 5.97 Å². The summed E-state index contributed by atoms with van der Waals surface area (Å²) in [5.41, 5.74) is 1.58. The van der Waals surface area contributed by atoms with Crippen LogP contribution in [0.1, 0.15) is 48.4 Å². The van der Waals surface area contributed by atoms with Gasteiger partial charge in [-0.3, -0.25) is 24.5 Å². The van der Waals surface area contributed by atoms with Crippen LogP contribution in [0.4, 0.5) is 5.69 Å². The SMILES string of the molecule is Cc1ccc(/C(O)=C2\C(=O)C(=O)N(CCCCCC(=O)O)C2c2ccc([N+](=O)[O-])cc2)cc1. The van der Waals surface area contributed by atoms with E-state index < -0.39 is 28.6 Å². The fourth-order valence-electron chi connectivity index (χ4n) is 3.84. The molecule has 2 aromatic rings. The second-order valence-corrected chi connectivity index (χ2v) is 7.91. The van der Waals surface area contributed by atoms with Crippen molar-refractivity contribution in [3.05, 3.63) is 80.9 Å².